The van der Waals surface area contributed by atoms with Crippen LogP contribution in [0, 0.1) is 0 Å². The highest BCUT2D eigenvalue weighted by atomic mass is 16.5. The standard InChI is InChI=1S/C11H13NO/c1-8(5-12)10-4-2-3-9-6-13-7-11(9)10/h2-5H,6-7,12H2,1H3/b8-5+. The van der Waals surface area contributed by atoms with Gasteiger partial charge in [-0.05, 0) is 35.4 Å². The van der Waals surface area contributed by atoms with Crippen molar-refractivity contribution in [2.45, 2.75) is 20.1 Å². The Balaban J connectivity index is 2.53. The Morgan fingerprint density at radius 3 is 3.08 bits per heavy atom. The van der Waals surface area contributed by atoms with E-state index in [1.807, 2.05) is 6.92 Å². The van der Waals surface area contributed by atoms with Gasteiger partial charge in [-0.25, -0.2) is 0 Å². The van der Waals surface area contributed by atoms with Crippen LogP contribution in [0.15, 0.2) is 24.4 Å². The molecular weight excluding hydrogens is 162 g/mol. The first-order chi connectivity index (χ1) is 6.33. The van der Waals surface area contributed by atoms with Gasteiger partial charge in [0.05, 0.1) is 13.2 Å². The summed E-state index contributed by atoms with van der Waals surface area (Å²) in [5.41, 5.74) is 10.4. The summed E-state index contributed by atoms with van der Waals surface area (Å²) in [4.78, 5) is 0. The Labute approximate surface area is 78.0 Å². The van der Waals surface area contributed by atoms with E-state index >= 15 is 0 Å². The van der Waals surface area contributed by atoms with Gasteiger partial charge < -0.3 is 10.5 Å². The second-order valence-corrected chi connectivity index (χ2v) is 3.29. The van der Waals surface area contributed by atoms with Crippen LogP contribution in [0.3, 0.4) is 0 Å². The second-order valence-electron chi connectivity index (χ2n) is 3.29. The van der Waals surface area contributed by atoms with E-state index < -0.39 is 0 Å². The van der Waals surface area contributed by atoms with Crippen LogP contribution in [0.5, 0.6) is 0 Å². The molecule has 0 radical (unpaired) electrons. The molecule has 0 aliphatic carbocycles. The van der Waals surface area contributed by atoms with Crippen molar-refractivity contribution in [1.82, 2.24) is 0 Å². The Kier molecular flexibility index (Phi) is 2.07. The number of rotatable bonds is 1. The zero-order valence-electron chi connectivity index (χ0n) is 7.71. The monoisotopic (exact) mass is 175 g/mol. The molecule has 0 spiro atoms. The molecule has 1 aromatic rings. The molecule has 0 saturated heterocycles. The third kappa shape index (κ3) is 1.33. The first-order valence-electron chi connectivity index (χ1n) is 4.40. The van der Waals surface area contributed by atoms with Crippen molar-refractivity contribution >= 4 is 5.57 Å². The number of nitrogens with two attached hydrogens (primary N) is 1. The molecule has 0 unspecified atom stereocenters. The van der Waals surface area contributed by atoms with E-state index in [4.69, 9.17) is 10.5 Å². The van der Waals surface area contributed by atoms with Crippen molar-refractivity contribution < 1.29 is 4.74 Å². The van der Waals surface area contributed by atoms with Crippen LogP contribution in [0.1, 0.15) is 23.6 Å². The minimum absolute atomic E-state index is 0.719. The topological polar surface area (TPSA) is 35.2 Å². The van der Waals surface area contributed by atoms with E-state index in [9.17, 15) is 0 Å². The molecule has 1 aromatic carbocycles. The Morgan fingerprint density at radius 2 is 2.31 bits per heavy atom. The summed E-state index contributed by atoms with van der Waals surface area (Å²) in [5.74, 6) is 0. The first kappa shape index (κ1) is 8.32. The minimum Gasteiger partial charge on any atom is -0.404 e. The van der Waals surface area contributed by atoms with Crippen molar-refractivity contribution in [1.29, 1.82) is 0 Å². The molecule has 0 saturated carbocycles. The van der Waals surface area contributed by atoms with Gasteiger partial charge in [0.25, 0.3) is 0 Å². The van der Waals surface area contributed by atoms with E-state index in [0.717, 1.165) is 18.8 Å². The Hall–Kier alpha value is -1.28. The van der Waals surface area contributed by atoms with Gasteiger partial charge in [0.1, 0.15) is 0 Å². The van der Waals surface area contributed by atoms with Crippen LogP contribution in [0.2, 0.25) is 0 Å². The van der Waals surface area contributed by atoms with Crippen LogP contribution >= 0.6 is 0 Å². The van der Waals surface area contributed by atoms with Crippen LogP contribution in [-0.2, 0) is 18.0 Å². The summed E-state index contributed by atoms with van der Waals surface area (Å²) in [5, 5.41) is 0. The zero-order chi connectivity index (χ0) is 9.26. The molecule has 2 nitrogen and oxygen atoms in total. The summed E-state index contributed by atoms with van der Waals surface area (Å²) in [6.07, 6.45) is 1.65. The van der Waals surface area contributed by atoms with E-state index in [1.54, 1.807) is 6.20 Å². The SMILES string of the molecule is C/C(=C\N)c1cccc2c1COC2. The molecule has 68 valence electrons. The van der Waals surface area contributed by atoms with Crippen LogP contribution in [0.4, 0.5) is 0 Å². The Bertz CT molecular complexity index is 355. The van der Waals surface area contributed by atoms with Gasteiger partial charge in [-0.3, -0.25) is 0 Å². The predicted molar refractivity (Wildman–Crippen MR) is 52.8 cm³/mol. The van der Waals surface area contributed by atoms with Crippen LogP contribution in [0.25, 0.3) is 5.57 Å². The van der Waals surface area contributed by atoms with Crippen LogP contribution < -0.4 is 5.73 Å². The molecule has 1 aliphatic heterocycles. The van der Waals surface area contributed by atoms with Gasteiger partial charge in [-0.2, -0.15) is 0 Å². The molecular formula is C11H13NO. The molecule has 2 N–H and O–H groups in total. The lowest BCUT2D eigenvalue weighted by Crippen LogP contribution is -1.92. The van der Waals surface area contributed by atoms with E-state index in [1.165, 1.54) is 16.7 Å². The molecule has 0 fully saturated rings. The largest absolute Gasteiger partial charge is 0.404 e. The normalized spacial score (nSPS) is 15.9. The quantitative estimate of drug-likeness (QED) is 0.708. The van der Waals surface area contributed by atoms with E-state index in [0.29, 0.717) is 0 Å². The third-order valence-electron chi connectivity index (χ3n) is 2.45. The summed E-state index contributed by atoms with van der Waals surface area (Å²) >= 11 is 0. The summed E-state index contributed by atoms with van der Waals surface area (Å²) in [6, 6.07) is 6.25. The number of benzene rings is 1. The number of ether oxygens (including phenoxy) is 1. The average molecular weight is 175 g/mol. The number of hydrogen-bond acceptors (Lipinski definition) is 2. The van der Waals surface area contributed by atoms with Crippen molar-refractivity contribution in [3.05, 3.63) is 41.1 Å². The van der Waals surface area contributed by atoms with Crippen molar-refractivity contribution in [2.75, 3.05) is 0 Å². The summed E-state index contributed by atoms with van der Waals surface area (Å²) in [6.45, 7) is 3.48. The lowest BCUT2D eigenvalue weighted by molar-refractivity contribution is 0.134. The van der Waals surface area contributed by atoms with E-state index in [-0.39, 0.29) is 0 Å². The maximum atomic E-state index is 5.50. The second kappa shape index (κ2) is 3.23. The number of hydrogen-bond donors (Lipinski definition) is 1. The van der Waals surface area contributed by atoms with Gasteiger partial charge in [0.2, 0.25) is 0 Å². The van der Waals surface area contributed by atoms with Gasteiger partial charge in [-0.15, -0.1) is 0 Å². The minimum atomic E-state index is 0.719. The summed E-state index contributed by atoms with van der Waals surface area (Å²) in [7, 11) is 0. The van der Waals surface area contributed by atoms with Crippen LogP contribution in [-0.4, -0.2) is 0 Å². The lowest BCUT2D eigenvalue weighted by Gasteiger charge is -2.06. The fourth-order valence-corrected chi connectivity index (χ4v) is 1.66. The third-order valence-corrected chi connectivity index (χ3v) is 2.45. The predicted octanol–water partition coefficient (Wildman–Crippen LogP) is 2.04. The maximum Gasteiger partial charge on any atom is 0.0730 e. The highest BCUT2D eigenvalue weighted by Gasteiger charge is 2.14. The average Bonchev–Trinajstić information content (AvgIpc) is 2.63. The molecule has 0 aromatic heterocycles. The van der Waals surface area contributed by atoms with Gasteiger partial charge >= 0.3 is 0 Å². The highest BCUT2D eigenvalue weighted by molar-refractivity contribution is 5.67. The molecule has 0 amide bonds. The maximum absolute atomic E-state index is 5.50. The van der Waals surface area contributed by atoms with Crippen molar-refractivity contribution in [3.8, 4) is 0 Å². The molecule has 1 aliphatic rings. The molecule has 2 heteroatoms. The van der Waals surface area contributed by atoms with Crippen molar-refractivity contribution in [3.63, 3.8) is 0 Å². The smallest absolute Gasteiger partial charge is 0.0730 e. The lowest BCUT2D eigenvalue weighted by atomic mass is 9.99. The molecule has 2 rings (SSSR count). The molecule has 0 bridgehead atoms. The summed E-state index contributed by atoms with van der Waals surface area (Å²) < 4.78 is 5.38. The molecule has 13 heavy (non-hydrogen) atoms. The number of allylic oxidation sites excluding steroid dienone is 1. The highest BCUT2D eigenvalue weighted by Crippen LogP contribution is 2.27. The fourth-order valence-electron chi connectivity index (χ4n) is 1.66. The van der Waals surface area contributed by atoms with Gasteiger partial charge in [0.15, 0.2) is 0 Å². The van der Waals surface area contributed by atoms with E-state index in [2.05, 4.69) is 18.2 Å². The first-order valence-corrected chi connectivity index (χ1v) is 4.40. The Morgan fingerprint density at radius 1 is 1.46 bits per heavy atom. The van der Waals surface area contributed by atoms with Gasteiger partial charge in [0, 0.05) is 0 Å². The fraction of sp³-hybridized carbons (Fsp3) is 0.273. The number of fused-ring (bicyclic) bond motifs is 1. The van der Waals surface area contributed by atoms with Crippen molar-refractivity contribution in [2.24, 2.45) is 5.73 Å². The zero-order valence-corrected chi connectivity index (χ0v) is 7.71. The molecule has 1 heterocycles. The van der Waals surface area contributed by atoms with Gasteiger partial charge in [-0.1, -0.05) is 18.2 Å². The molecule has 0 atom stereocenters.